The van der Waals surface area contributed by atoms with Crippen LogP contribution in [0.25, 0.3) is 0 Å². The molecular weight excluding hydrogens is 391 g/mol. The molecule has 0 aliphatic heterocycles. The molecule has 1 atom stereocenters. The Morgan fingerprint density at radius 1 is 1.05 bits per heavy atom. The molecule has 0 radical (unpaired) electrons. The second-order valence-electron chi connectivity index (χ2n) is 4.11. The Hall–Kier alpha value is -0.550. The zero-order valence-electron chi connectivity index (χ0n) is 10.0. The maximum absolute atomic E-state index is 6.24. The first-order valence-corrected chi connectivity index (χ1v) is 7.73. The van der Waals surface area contributed by atoms with E-state index in [0.29, 0.717) is 11.6 Å². The van der Waals surface area contributed by atoms with Gasteiger partial charge >= 0.3 is 0 Å². The summed E-state index contributed by atoms with van der Waals surface area (Å²) in [6, 6.07) is 13.7. The minimum Gasteiger partial charge on any atom is -0.377 e. The summed E-state index contributed by atoms with van der Waals surface area (Å²) in [7, 11) is 0. The molecule has 0 heterocycles. The zero-order valence-corrected chi connectivity index (χ0v) is 14.0. The molecule has 0 amide bonds. The highest BCUT2D eigenvalue weighted by Gasteiger charge is 2.13. The Balaban J connectivity index is 2.24. The topological polar surface area (TPSA) is 38.0 Å². The van der Waals surface area contributed by atoms with Crippen molar-refractivity contribution >= 4 is 49.1 Å². The van der Waals surface area contributed by atoms with Crippen LogP contribution in [-0.2, 0) is 0 Å². The summed E-state index contributed by atoms with van der Waals surface area (Å²) >= 11 is 13.1. The van der Waals surface area contributed by atoms with Crippen LogP contribution in [0.4, 0.5) is 5.69 Å². The summed E-state index contributed by atoms with van der Waals surface area (Å²) in [5, 5.41) is 4.10. The fraction of sp³-hybridized carbons (Fsp3) is 0.143. The fourth-order valence-electron chi connectivity index (χ4n) is 1.79. The summed E-state index contributed by atoms with van der Waals surface area (Å²) < 4.78 is 2.03. The zero-order chi connectivity index (χ0) is 13.8. The largest absolute Gasteiger partial charge is 0.377 e. The summed E-state index contributed by atoms with van der Waals surface area (Å²) in [4.78, 5) is 0. The van der Waals surface area contributed by atoms with Gasteiger partial charge in [-0.1, -0.05) is 43.5 Å². The van der Waals surface area contributed by atoms with Gasteiger partial charge in [0.15, 0.2) is 0 Å². The molecule has 2 aromatic rings. The molecule has 0 saturated carbocycles. The third-order valence-corrected chi connectivity index (χ3v) is 4.12. The van der Waals surface area contributed by atoms with Gasteiger partial charge < -0.3 is 11.1 Å². The molecule has 2 nitrogen and oxygen atoms in total. The van der Waals surface area contributed by atoms with Crippen molar-refractivity contribution < 1.29 is 0 Å². The van der Waals surface area contributed by atoms with Crippen LogP contribution >= 0.6 is 43.5 Å². The molecule has 0 aromatic heterocycles. The molecule has 3 N–H and O–H groups in total. The summed E-state index contributed by atoms with van der Waals surface area (Å²) in [5.74, 6) is 0. The van der Waals surface area contributed by atoms with Gasteiger partial charge in [0.1, 0.15) is 0 Å². The average molecular weight is 405 g/mol. The van der Waals surface area contributed by atoms with Gasteiger partial charge in [0.25, 0.3) is 0 Å². The lowest BCUT2D eigenvalue weighted by molar-refractivity contribution is 0.789. The Labute approximate surface area is 134 Å². The molecule has 0 aliphatic rings. The van der Waals surface area contributed by atoms with E-state index in [9.17, 15) is 0 Å². The van der Waals surface area contributed by atoms with E-state index < -0.39 is 0 Å². The normalized spacial score (nSPS) is 12.2. The van der Waals surface area contributed by atoms with E-state index in [-0.39, 0.29) is 6.04 Å². The predicted molar refractivity (Wildman–Crippen MR) is 88.7 cm³/mol. The van der Waals surface area contributed by atoms with Crippen LogP contribution in [0.2, 0.25) is 5.02 Å². The van der Waals surface area contributed by atoms with E-state index in [1.54, 1.807) is 0 Å². The first-order valence-electron chi connectivity index (χ1n) is 5.77. The first kappa shape index (κ1) is 14.9. The highest BCUT2D eigenvalue weighted by atomic mass is 79.9. The fourth-order valence-corrected chi connectivity index (χ4v) is 2.68. The summed E-state index contributed by atoms with van der Waals surface area (Å²) in [5.41, 5.74) is 7.85. The maximum Gasteiger partial charge on any atom is 0.0651 e. The Morgan fingerprint density at radius 2 is 1.68 bits per heavy atom. The van der Waals surface area contributed by atoms with E-state index in [1.165, 1.54) is 0 Å². The Bertz CT molecular complexity index is 558. The van der Waals surface area contributed by atoms with E-state index in [4.69, 9.17) is 17.3 Å². The van der Waals surface area contributed by atoms with Crippen molar-refractivity contribution in [2.45, 2.75) is 6.04 Å². The highest BCUT2D eigenvalue weighted by Crippen LogP contribution is 2.28. The summed E-state index contributed by atoms with van der Waals surface area (Å²) in [6.45, 7) is 0.465. The van der Waals surface area contributed by atoms with Gasteiger partial charge in [-0.15, -0.1) is 0 Å². The molecule has 5 heteroatoms. The molecule has 100 valence electrons. The van der Waals surface area contributed by atoms with Crippen LogP contribution in [0.15, 0.2) is 51.4 Å². The van der Waals surface area contributed by atoms with Gasteiger partial charge in [0, 0.05) is 26.2 Å². The number of hydrogen-bond acceptors (Lipinski definition) is 2. The third kappa shape index (κ3) is 3.96. The van der Waals surface area contributed by atoms with Gasteiger partial charge in [0.05, 0.1) is 6.04 Å². The van der Waals surface area contributed by atoms with Crippen LogP contribution in [0.5, 0.6) is 0 Å². The van der Waals surface area contributed by atoms with Crippen molar-refractivity contribution in [3.8, 4) is 0 Å². The molecule has 2 rings (SSSR count). The lowest BCUT2D eigenvalue weighted by atomic mass is 10.1. The molecule has 19 heavy (non-hydrogen) atoms. The lowest BCUT2D eigenvalue weighted by Gasteiger charge is -2.20. The summed E-state index contributed by atoms with van der Waals surface area (Å²) in [6.07, 6.45) is 0. The SMILES string of the molecule is NCC(Nc1ccc(Br)cc1)c1cc(Br)ccc1Cl. The molecule has 0 fully saturated rings. The molecule has 0 saturated heterocycles. The number of rotatable bonds is 4. The first-order chi connectivity index (χ1) is 9.10. The number of hydrogen-bond donors (Lipinski definition) is 2. The Morgan fingerprint density at radius 3 is 2.32 bits per heavy atom. The van der Waals surface area contributed by atoms with Crippen molar-refractivity contribution in [3.63, 3.8) is 0 Å². The van der Waals surface area contributed by atoms with Crippen molar-refractivity contribution in [2.75, 3.05) is 11.9 Å². The van der Waals surface area contributed by atoms with Crippen molar-refractivity contribution in [1.82, 2.24) is 0 Å². The second kappa shape index (κ2) is 6.75. The second-order valence-corrected chi connectivity index (χ2v) is 6.34. The smallest absolute Gasteiger partial charge is 0.0651 e. The number of nitrogens with one attached hydrogen (secondary N) is 1. The van der Waals surface area contributed by atoms with Crippen molar-refractivity contribution in [3.05, 3.63) is 62.0 Å². The number of benzene rings is 2. The molecule has 0 bridgehead atoms. The van der Waals surface area contributed by atoms with Crippen LogP contribution in [0, 0.1) is 0 Å². The highest BCUT2D eigenvalue weighted by molar-refractivity contribution is 9.10. The predicted octanol–water partition coefficient (Wildman–Crippen LogP) is 4.98. The van der Waals surface area contributed by atoms with Gasteiger partial charge in [-0.3, -0.25) is 0 Å². The van der Waals surface area contributed by atoms with E-state index in [1.807, 2.05) is 42.5 Å². The molecule has 0 spiro atoms. The van der Waals surface area contributed by atoms with Crippen LogP contribution in [0.3, 0.4) is 0 Å². The molecule has 1 unspecified atom stereocenters. The molecule has 2 aromatic carbocycles. The van der Waals surface area contributed by atoms with Gasteiger partial charge in [-0.2, -0.15) is 0 Å². The van der Waals surface area contributed by atoms with Gasteiger partial charge in [-0.25, -0.2) is 0 Å². The molecule has 0 aliphatic carbocycles. The number of nitrogens with two attached hydrogens (primary N) is 1. The number of anilines is 1. The number of halogens is 3. The van der Waals surface area contributed by atoms with E-state index >= 15 is 0 Å². The maximum atomic E-state index is 6.24. The third-order valence-electron chi connectivity index (χ3n) is 2.75. The standard InChI is InChI=1S/C14H13Br2ClN2/c15-9-1-4-11(5-2-9)19-14(8-18)12-7-10(16)3-6-13(12)17/h1-7,14,19H,8,18H2. The van der Waals surface area contributed by atoms with Gasteiger partial charge in [-0.05, 0) is 48.0 Å². The van der Waals surface area contributed by atoms with Gasteiger partial charge in [0.2, 0.25) is 0 Å². The minimum absolute atomic E-state index is 0.0221. The quantitative estimate of drug-likeness (QED) is 0.754. The Kier molecular flexibility index (Phi) is 5.28. The van der Waals surface area contributed by atoms with E-state index in [2.05, 4.69) is 37.2 Å². The van der Waals surface area contributed by atoms with Crippen molar-refractivity contribution in [2.24, 2.45) is 5.73 Å². The van der Waals surface area contributed by atoms with Crippen LogP contribution in [0.1, 0.15) is 11.6 Å². The minimum atomic E-state index is -0.0221. The van der Waals surface area contributed by atoms with Crippen LogP contribution in [-0.4, -0.2) is 6.54 Å². The average Bonchev–Trinajstić information content (AvgIpc) is 2.41. The lowest BCUT2D eigenvalue weighted by Crippen LogP contribution is -2.21. The van der Waals surface area contributed by atoms with E-state index in [0.717, 1.165) is 20.2 Å². The van der Waals surface area contributed by atoms with Crippen molar-refractivity contribution in [1.29, 1.82) is 0 Å². The monoisotopic (exact) mass is 402 g/mol. The molecular formula is C14H13Br2ClN2. The van der Waals surface area contributed by atoms with Crippen LogP contribution < -0.4 is 11.1 Å².